The van der Waals surface area contributed by atoms with E-state index in [9.17, 15) is 4.79 Å². The number of nitrogens with one attached hydrogen (secondary N) is 2. The fourth-order valence-electron chi connectivity index (χ4n) is 2.30. The van der Waals surface area contributed by atoms with E-state index in [0.29, 0.717) is 12.3 Å². The Balaban J connectivity index is 0.00000220. The Hall–Kier alpha value is -0.420. The Morgan fingerprint density at radius 1 is 1.48 bits per heavy atom. The zero-order valence-electron chi connectivity index (χ0n) is 11.9. The standard InChI is InChI=1S/C15H21ClN2OS.ClH/c16-14-3-1-2-13(8-14)11-20-7-6-18-15(19)9-12-4-5-17-10-12;/h1-3,8,12,17H,4-7,9-11H2,(H,18,19);1H. The molecule has 1 fully saturated rings. The van der Waals surface area contributed by atoms with Crippen LogP contribution in [0.4, 0.5) is 0 Å². The van der Waals surface area contributed by atoms with Crippen molar-refractivity contribution in [2.45, 2.75) is 18.6 Å². The van der Waals surface area contributed by atoms with Gasteiger partial charge in [-0.3, -0.25) is 4.79 Å². The molecule has 1 amide bonds. The first-order valence-corrected chi connectivity index (χ1v) is 8.57. The van der Waals surface area contributed by atoms with Gasteiger partial charge in [0.15, 0.2) is 0 Å². The predicted octanol–water partition coefficient (Wildman–Crippen LogP) is 3.11. The van der Waals surface area contributed by atoms with Crippen LogP contribution < -0.4 is 10.6 Å². The molecule has 1 unspecified atom stereocenters. The van der Waals surface area contributed by atoms with Gasteiger partial charge in [0.1, 0.15) is 0 Å². The highest BCUT2D eigenvalue weighted by atomic mass is 35.5. The summed E-state index contributed by atoms with van der Waals surface area (Å²) in [5.74, 6) is 2.57. The molecule has 0 aliphatic carbocycles. The highest BCUT2D eigenvalue weighted by Gasteiger charge is 2.17. The number of halogens is 2. The van der Waals surface area contributed by atoms with Crippen LogP contribution in [0.2, 0.25) is 5.02 Å². The maximum absolute atomic E-state index is 11.7. The minimum Gasteiger partial charge on any atom is -0.355 e. The molecule has 2 N–H and O–H groups in total. The third-order valence-corrected chi connectivity index (χ3v) is 4.63. The van der Waals surface area contributed by atoms with Crippen molar-refractivity contribution in [2.75, 3.05) is 25.4 Å². The summed E-state index contributed by atoms with van der Waals surface area (Å²) in [6.45, 7) is 2.77. The zero-order valence-corrected chi connectivity index (χ0v) is 14.3. The second-order valence-electron chi connectivity index (χ2n) is 5.10. The largest absolute Gasteiger partial charge is 0.355 e. The molecule has 0 bridgehead atoms. The maximum Gasteiger partial charge on any atom is 0.220 e. The van der Waals surface area contributed by atoms with Crippen molar-refractivity contribution in [3.8, 4) is 0 Å². The van der Waals surface area contributed by atoms with Crippen LogP contribution in [0.3, 0.4) is 0 Å². The van der Waals surface area contributed by atoms with Gasteiger partial charge in [0, 0.05) is 29.5 Å². The minimum atomic E-state index is 0. The average Bonchev–Trinajstić information content (AvgIpc) is 2.91. The van der Waals surface area contributed by atoms with Crippen molar-refractivity contribution in [3.05, 3.63) is 34.9 Å². The Kier molecular flexibility index (Phi) is 9.16. The van der Waals surface area contributed by atoms with E-state index in [1.165, 1.54) is 5.56 Å². The van der Waals surface area contributed by atoms with Gasteiger partial charge in [0.25, 0.3) is 0 Å². The van der Waals surface area contributed by atoms with Gasteiger partial charge < -0.3 is 10.6 Å². The summed E-state index contributed by atoms with van der Waals surface area (Å²) in [6, 6.07) is 7.91. The lowest BCUT2D eigenvalue weighted by Crippen LogP contribution is -2.28. The molecule has 6 heteroatoms. The van der Waals surface area contributed by atoms with E-state index in [2.05, 4.69) is 16.7 Å². The normalized spacial score (nSPS) is 17.3. The first kappa shape index (κ1) is 18.6. The molecule has 0 spiro atoms. The second-order valence-corrected chi connectivity index (χ2v) is 6.64. The van der Waals surface area contributed by atoms with E-state index in [1.807, 2.05) is 30.0 Å². The molecular weight excluding hydrogens is 327 g/mol. The highest BCUT2D eigenvalue weighted by molar-refractivity contribution is 7.98. The first-order chi connectivity index (χ1) is 9.74. The molecule has 1 heterocycles. The lowest BCUT2D eigenvalue weighted by Gasteiger charge is -2.09. The third kappa shape index (κ3) is 7.41. The molecule has 3 nitrogen and oxygen atoms in total. The minimum absolute atomic E-state index is 0. The highest BCUT2D eigenvalue weighted by Crippen LogP contribution is 2.16. The maximum atomic E-state index is 11.7. The molecule has 1 aliphatic rings. The van der Waals surface area contributed by atoms with Crippen molar-refractivity contribution in [2.24, 2.45) is 5.92 Å². The predicted molar refractivity (Wildman–Crippen MR) is 93.5 cm³/mol. The Bertz CT molecular complexity index is 439. The number of thioether (sulfide) groups is 1. The third-order valence-electron chi connectivity index (χ3n) is 3.36. The molecular formula is C15H22Cl2N2OS. The van der Waals surface area contributed by atoms with Crippen LogP contribution in [0.5, 0.6) is 0 Å². The van der Waals surface area contributed by atoms with Crippen LogP contribution in [0, 0.1) is 5.92 Å². The molecule has 118 valence electrons. The molecule has 1 atom stereocenters. The molecule has 1 aromatic rings. The summed E-state index contributed by atoms with van der Waals surface area (Å²) >= 11 is 7.75. The number of rotatable bonds is 7. The summed E-state index contributed by atoms with van der Waals surface area (Å²) in [5.41, 5.74) is 1.23. The van der Waals surface area contributed by atoms with E-state index in [-0.39, 0.29) is 18.3 Å². The summed E-state index contributed by atoms with van der Waals surface area (Å²) < 4.78 is 0. The van der Waals surface area contributed by atoms with E-state index < -0.39 is 0 Å². The second kappa shape index (κ2) is 10.3. The summed E-state index contributed by atoms with van der Waals surface area (Å²) in [4.78, 5) is 11.7. The number of hydrogen-bond donors (Lipinski definition) is 2. The number of carbonyl (C=O) groups is 1. The lowest BCUT2D eigenvalue weighted by atomic mass is 10.1. The quantitative estimate of drug-likeness (QED) is 0.744. The van der Waals surface area contributed by atoms with E-state index in [4.69, 9.17) is 11.6 Å². The van der Waals surface area contributed by atoms with Crippen molar-refractivity contribution in [1.29, 1.82) is 0 Å². The van der Waals surface area contributed by atoms with Gasteiger partial charge in [-0.05, 0) is 43.1 Å². The van der Waals surface area contributed by atoms with E-state index in [0.717, 1.165) is 42.6 Å². The molecule has 2 rings (SSSR count). The van der Waals surface area contributed by atoms with Gasteiger partial charge in [-0.25, -0.2) is 0 Å². The number of carbonyl (C=O) groups excluding carboxylic acids is 1. The van der Waals surface area contributed by atoms with Gasteiger partial charge >= 0.3 is 0 Å². The molecule has 0 saturated carbocycles. The van der Waals surface area contributed by atoms with Crippen LogP contribution in [0.1, 0.15) is 18.4 Å². The van der Waals surface area contributed by atoms with E-state index >= 15 is 0 Å². The number of hydrogen-bond acceptors (Lipinski definition) is 3. The molecule has 21 heavy (non-hydrogen) atoms. The van der Waals surface area contributed by atoms with Crippen LogP contribution in [-0.2, 0) is 10.5 Å². The topological polar surface area (TPSA) is 41.1 Å². The monoisotopic (exact) mass is 348 g/mol. The van der Waals surface area contributed by atoms with Gasteiger partial charge in [-0.1, -0.05) is 23.7 Å². The molecule has 1 aromatic carbocycles. The van der Waals surface area contributed by atoms with Crippen molar-refractivity contribution in [3.63, 3.8) is 0 Å². The fraction of sp³-hybridized carbons (Fsp3) is 0.533. The van der Waals surface area contributed by atoms with E-state index in [1.54, 1.807) is 0 Å². The van der Waals surface area contributed by atoms with Crippen LogP contribution in [0.15, 0.2) is 24.3 Å². The summed E-state index contributed by atoms with van der Waals surface area (Å²) in [7, 11) is 0. The Morgan fingerprint density at radius 2 is 2.33 bits per heavy atom. The summed E-state index contributed by atoms with van der Waals surface area (Å²) in [6.07, 6.45) is 1.78. The Labute approximate surface area is 142 Å². The smallest absolute Gasteiger partial charge is 0.220 e. The number of benzene rings is 1. The molecule has 1 saturated heterocycles. The molecule has 0 aromatic heterocycles. The molecule has 0 radical (unpaired) electrons. The lowest BCUT2D eigenvalue weighted by molar-refractivity contribution is -0.121. The summed E-state index contributed by atoms with van der Waals surface area (Å²) in [5, 5.41) is 7.05. The average molecular weight is 349 g/mol. The number of amides is 1. The van der Waals surface area contributed by atoms with Crippen molar-refractivity contribution < 1.29 is 4.79 Å². The zero-order chi connectivity index (χ0) is 14.2. The van der Waals surface area contributed by atoms with Crippen LogP contribution >= 0.6 is 35.8 Å². The van der Waals surface area contributed by atoms with Crippen molar-refractivity contribution >= 4 is 41.7 Å². The Morgan fingerprint density at radius 3 is 3.05 bits per heavy atom. The van der Waals surface area contributed by atoms with Crippen LogP contribution in [0.25, 0.3) is 0 Å². The SMILES string of the molecule is Cl.O=C(CC1CCNC1)NCCSCc1cccc(Cl)c1. The fourth-order valence-corrected chi connectivity index (χ4v) is 3.32. The van der Waals surface area contributed by atoms with Gasteiger partial charge in [0.2, 0.25) is 5.91 Å². The van der Waals surface area contributed by atoms with Gasteiger partial charge in [-0.2, -0.15) is 11.8 Å². The van der Waals surface area contributed by atoms with Gasteiger partial charge in [0.05, 0.1) is 0 Å². The van der Waals surface area contributed by atoms with Gasteiger partial charge in [-0.15, -0.1) is 12.4 Å². The van der Waals surface area contributed by atoms with Crippen molar-refractivity contribution in [1.82, 2.24) is 10.6 Å². The van der Waals surface area contributed by atoms with Crippen LogP contribution in [-0.4, -0.2) is 31.3 Å². The first-order valence-electron chi connectivity index (χ1n) is 7.03. The molecule has 1 aliphatic heterocycles.